The third-order valence-corrected chi connectivity index (χ3v) is 1.04. The van der Waals surface area contributed by atoms with Crippen LogP contribution in [0.25, 0.3) is 0 Å². The lowest BCUT2D eigenvalue weighted by Crippen LogP contribution is -2.24. The van der Waals surface area contributed by atoms with Crippen LogP contribution in [0, 0.1) is 0 Å². The van der Waals surface area contributed by atoms with Gasteiger partial charge in [0.15, 0.2) is 0 Å². The number of hydrogen-bond acceptors (Lipinski definition) is 3. The quantitative estimate of drug-likeness (QED) is 0.459. The van der Waals surface area contributed by atoms with Crippen LogP contribution in [0.4, 0.5) is 0 Å². The summed E-state index contributed by atoms with van der Waals surface area (Å²) in [5.74, 6) is 0. The molecule has 0 aromatic heterocycles. The molecule has 0 saturated carbocycles. The van der Waals surface area contributed by atoms with E-state index in [0.717, 1.165) is 0 Å². The first-order chi connectivity index (χ1) is 4.09. The summed E-state index contributed by atoms with van der Waals surface area (Å²) in [6, 6.07) is 0. The van der Waals surface area contributed by atoms with Crippen LogP contribution in [-0.4, -0.2) is 23.7 Å². The van der Waals surface area contributed by atoms with Crippen molar-refractivity contribution in [2.45, 2.75) is 6.10 Å². The SMILES string of the molecule is COC(C(=O)Cl)C(=O)Cl. The highest BCUT2D eigenvalue weighted by Crippen LogP contribution is 2.00. The Labute approximate surface area is 61.9 Å². The van der Waals surface area contributed by atoms with Crippen LogP contribution in [-0.2, 0) is 14.3 Å². The van der Waals surface area contributed by atoms with Crippen molar-refractivity contribution < 1.29 is 14.3 Å². The van der Waals surface area contributed by atoms with Crippen LogP contribution in [0.1, 0.15) is 0 Å². The molecule has 0 radical (unpaired) electrons. The number of methoxy groups -OCH3 is 1. The average Bonchev–Trinajstić information content (AvgIpc) is 1.64. The molecule has 0 aliphatic carbocycles. The number of hydrogen-bond donors (Lipinski definition) is 0. The van der Waals surface area contributed by atoms with Gasteiger partial charge < -0.3 is 4.74 Å². The van der Waals surface area contributed by atoms with E-state index in [1.807, 2.05) is 0 Å². The van der Waals surface area contributed by atoms with E-state index >= 15 is 0 Å². The molecule has 0 fully saturated rings. The van der Waals surface area contributed by atoms with E-state index in [0.29, 0.717) is 0 Å². The first-order valence-electron chi connectivity index (χ1n) is 2.01. The zero-order valence-corrected chi connectivity index (χ0v) is 6.07. The summed E-state index contributed by atoms with van der Waals surface area (Å²) in [5.41, 5.74) is 0. The van der Waals surface area contributed by atoms with Gasteiger partial charge in [0.2, 0.25) is 6.10 Å². The number of ether oxygens (including phenoxy) is 1. The molecular weight excluding hydrogens is 167 g/mol. The van der Waals surface area contributed by atoms with E-state index in [-0.39, 0.29) is 0 Å². The molecule has 9 heavy (non-hydrogen) atoms. The largest absolute Gasteiger partial charge is 0.363 e. The molecule has 0 spiro atoms. The number of carbonyl (C=O) groups is 2. The summed E-state index contributed by atoms with van der Waals surface area (Å²) in [6.07, 6.45) is -1.33. The number of halogens is 2. The molecule has 3 nitrogen and oxygen atoms in total. The second kappa shape index (κ2) is 3.82. The molecule has 0 unspecified atom stereocenters. The molecule has 0 heterocycles. The van der Waals surface area contributed by atoms with Crippen molar-refractivity contribution in [1.82, 2.24) is 0 Å². The maximum Gasteiger partial charge on any atom is 0.259 e. The molecule has 0 aromatic rings. The summed E-state index contributed by atoms with van der Waals surface area (Å²) < 4.78 is 4.31. The maximum absolute atomic E-state index is 10.2. The van der Waals surface area contributed by atoms with Crippen LogP contribution in [0.3, 0.4) is 0 Å². The molecule has 0 atom stereocenters. The Morgan fingerprint density at radius 1 is 1.33 bits per heavy atom. The molecule has 0 N–H and O–H groups in total. The van der Waals surface area contributed by atoms with E-state index in [4.69, 9.17) is 23.2 Å². The second-order valence-corrected chi connectivity index (χ2v) is 1.97. The fraction of sp³-hybridized carbons (Fsp3) is 0.500. The Balaban J connectivity index is 3.99. The van der Waals surface area contributed by atoms with E-state index < -0.39 is 16.6 Å². The second-order valence-electron chi connectivity index (χ2n) is 1.22. The third kappa shape index (κ3) is 2.79. The zero-order chi connectivity index (χ0) is 7.44. The highest BCUT2D eigenvalue weighted by atomic mass is 35.5. The first kappa shape index (κ1) is 8.88. The topological polar surface area (TPSA) is 43.4 Å². The van der Waals surface area contributed by atoms with Crippen LogP contribution >= 0.6 is 23.2 Å². The van der Waals surface area contributed by atoms with Gasteiger partial charge in [-0.05, 0) is 23.2 Å². The fourth-order valence-corrected chi connectivity index (χ4v) is 0.707. The molecule has 0 saturated heterocycles. The van der Waals surface area contributed by atoms with Gasteiger partial charge in [0.1, 0.15) is 0 Å². The summed E-state index contributed by atoms with van der Waals surface area (Å²) in [5, 5.41) is -1.81. The van der Waals surface area contributed by atoms with Gasteiger partial charge in [0.05, 0.1) is 0 Å². The van der Waals surface area contributed by atoms with E-state index in [1.54, 1.807) is 0 Å². The molecule has 52 valence electrons. The third-order valence-electron chi connectivity index (χ3n) is 0.648. The van der Waals surface area contributed by atoms with Gasteiger partial charge in [0.25, 0.3) is 10.5 Å². The smallest absolute Gasteiger partial charge is 0.259 e. The lowest BCUT2D eigenvalue weighted by atomic mass is 10.4. The minimum Gasteiger partial charge on any atom is -0.363 e. The summed E-state index contributed by atoms with van der Waals surface area (Å²) >= 11 is 9.74. The normalized spacial score (nSPS) is 9.78. The monoisotopic (exact) mass is 170 g/mol. The molecule has 0 aromatic carbocycles. The Morgan fingerprint density at radius 3 is 1.67 bits per heavy atom. The molecule has 5 heteroatoms. The predicted octanol–water partition coefficient (Wildman–Crippen LogP) is 0.532. The van der Waals surface area contributed by atoms with Crippen molar-refractivity contribution in [2.24, 2.45) is 0 Å². The Morgan fingerprint density at radius 2 is 1.67 bits per heavy atom. The van der Waals surface area contributed by atoms with Crippen molar-refractivity contribution in [3.63, 3.8) is 0 Å². The standard InChI is InChI=1S/C4H4Cl2O3/c1-9-2(3(5)7)4(6)8/h2H,1H3. The van der Waals surface area contributed by atoms with Crippen molar-refractivity contribution in [3.05, 3.63) is 0 Å². The fourth-order valence-electron chi connectivity index (χ4n) is 0.275. The summed E-state index contributed by atoms with van der Waals surface area (Å²) in [6.45, 7) is 0. The van der Waals surface area contributed by atoms with Gasteiger partial charge in [-0.15, -0.1) is 0 Å². The van der Waals surface area contributed by atoms with Crippen molar-refractivity contribution >= 4 is 33.7 Å². The molecule has 0 aliphatic heterocycles. The Kier molecular flexibility index (Phi) is 3.77. The van der Waals surface area contributed by atoms with Gasteiger partial charge in [-0.1, -0.05) is 0 Å². The Hall–Kier alpha value is -0.120. The Bertz CT molecular complexity index is 120. The molecular formula is C4H4Cl2O3. The maximum atomic E-state index is 10.2. The minimum absolute atomic E-state index is 0.905. The highest BCUT2D eigenvalue weighted by Gasteiger charge is 2.21. The molecule has 0 aliphatic rings. The van der Waals surface area contributed by atoms with Gasteiger partial charge in [-0.2, -0.15) is 0 Å². The van der Waals surface area contributed by atoms with Gasteiger partial charge in [0, 0.05) is 7.11 Å². The van der Waals surface area contributed by atoms with Crippen LogP contribution in [0.2, 0.25) is 0 Å². The van der Waals surface area contributed by atoms with Crippen molar-refractivity contribution in [1.29, 1.82) is 0 Å². The molecule has 0 rings (SSSR count). The van der Waals surface area contributed by atoms with Crippen molar-refractivity contribution in [2.75, 3.05) is 7.11 Å². The lowest BCUT2D eigenvalue weighted by Gasteiger charge is -2.01. The summed E-state index contributed by atoms with van der Waals surface area (Å²) in [7, 11) is 1.17. The van der Waals surface area contributed by atoms with Crippen LogP contribution in [0.15, 0.2) is 0 Å². The van der Waals surface area contributed by atoms with E-state index in [1.165, 1.54) is 7.11 Å². The van der Waals surface area contributed by atoms with E-state index in [2.05, 4.69) is 4.74 Å². The van der Waals surface area contributed by atoms with Crippen LogP contribution in [0.5, 0.6) is 0 Å². The van der Waals surface area contributed by atoms with Gasteiger partial charge in [-0.3, -0.25) is 9.59 Å². The highest BCUT2D eigenvalue weighted by molar-refractivity contribution is 6.74. The van der Waals surface area contributed by atoms with Gasteiger partial charge >= 0.3 is 0 Å². The predicted molar refractivity (Wildman–Crippen MR) is 32.5 cm³/mol. The van der Waals surface area contributed by atoms with E-state index in [9.17, 15) is 9.59 Å². The minimum atomic E-state index is -1.33. The number of carbonyl (C=O) groups excluding carboxylic acids is 2. The molecule has 0 amide bonds. The summed E-state index contributed by atoms with van der Waals surface area (Å²) in [4.78, 5) is 20.3. The van der Waals surface area contributed by atoms with Crippen LogP contribution < -0.4 is 0 Å². The zero-order valence-electron chi connectivity index (χ0n) is 4.56. The lowest BCUT2D eigenvalue weighted by molar-refractivity contribution is -0.131. The molecule has 0 bridgehead atoms. The van der Waals surface area contributed by atoms with Crippen molar-refractivity contribution in [3.8, 4) is 0 Å². The first-order valence-corrected chi connectivity index (χ1v) is 2.76. The average molecular weight is 171 g/mol. The number of rotatable bonds is 3. The van der Waals surface area contributed by atoms with Gasteiger partial charge in [-0.25, -0.2) is 0 Å².